The van der Waals surface area contributed by atoms with Crippen molar-refractivity contribution in [1.29, 1.82) is 0 Å². The van der Waals surface area contributed by atoms with Gasteiger partial charge < -0.3 is 5.11 Å². The molecule has 0 aliphatic carbocycles. The fourth-order valence-corrected chi connectivity index (χ4v) is 3.88. The predicted octanol–water partition coefficient (Wildman–Crippen LogP) is 3.63. The van der Waals surface area contributed by atoms with Crippen LogP contribution in [0.25, 0.3) is 0 Å². The van der Waals surface area contributed by atoms with Crippen molar-refractivity contribution < 1.29 is 18.9 Å². The molecule has 2 rings (SSSR count). The summed E-state index contributed by atoms with van der Waals surface area (Å²) in [4.78, 5) is 23.9. The van der Waals surface area contributed by atoms with Crippen LogP contribution in [-0.2, 0) is 22.0 Å². The number of benzene rings is 2. The molecule has 0 aromatic heterocycles. The van der Waals surface area contributed by atoms with E-state index in [2.05, 4.69) is 0 Å². The van der Waals surface area contributed by atoms with Gasteiger partial charge in [0.25, 0.3) is 0 Å². The summed E-state index contributed by atoms with van der Waals surface area (Å²) in [6, 6.07) is 13.1. The topological polar surface area (TPSA) is 71.4 Å². The number of carbonyl (C=O) groups is 2. The van der Waals surface area contributed by atoms with Crippen molar-refractivity contribution in [3.05, 3.63) is 70.3 Å². The molecular formula is C21H24O4S. The molecule has 0 radical (unpaired) electrons. The van der Waals surface area contributed by atoms with Crippen LogP contribution in [0, 0.1) is 20.8 Å². The van der Waals surface area contributed by atoms with E-state index in [-0.39, 0.29) is 18.0 Å². The Hall–Kier alpha value is -2.27. The van der Waals surface area contributed by atoms with Crippen LogP contribution in [0.4, 0.5) is 0 Å². The zero-order chi connectivity index (χ0) is 19.3. The van der Waals surface area contributed by atoms with Crippen LogP contribution >= 0.6 is 0 Å². The van der Waals surface area contributed by atoms with E-state index >= 15 is 0 Å². The van der Waals surface area contributed by atoms with Crippen LogP contribution in [-0.4, -0.2) is 32.1 Å². The van der Waals surface area contributed by atoms with E-state index in [1.165, 1.54) is 0 Å². The van der Waals surface area contributed by atoms with Crippen molar-refractivity contribution >= 4 is 22.6 Å². The van der Waals surface area contributed by atoms with Crippen molar-refractivity contribution in [2.45, 2.75) is 38.9 Å². The molecule has 0 amide bonds. The Labute approximate surface area is 156 Å². The quantitative estimate of drug-likeness (QED) is 0.718. The maximum Gasteiger partial charge on any atom is 0.319 e. The number of ketones is 1. The molecule has 0 spiro atoms. The molecule has 2 unspecified atom stereocenters. The Morgan fingerprint density at radius 1 is 1.00 bits per heavy atom. The third-order valence-corrected chi connectivity index (χ3v) is 6.13. The molecule has 0 saturated heterocycles. The van der Waals surface area contributed by atoms with Crippen LogP contribution in [0.5, 0.6) is 0 Å². The first-order valence-electron chi connectivity index (χ1n) is 8.54. The van der Waals surface area contributed by atoms with Gasteiger partial charge in [0.2, 0.25) is 0 Å². The van der Waals surface area contributed by atoms with Crippen LogP contribution < -0.4 is 0 Å². The Kier molecular flexibility index (Phi) is 6.86. The van der Waals surface area contributed by atoms with Gasteiger partial charge in [-0.3, -0.25) is 13.8 Å². The van der Waals surface area contributed by atoms with Gasteiger partial charge in [-0.1, -0.05) is 42.0 Å². The van der Waals surface area contributed by atoms with Crippen LogP contribution in [0.15, 0.2) is 42.5 Å². The molecule has 138 valence electrons. The first kappa shape index (κ1) is 20.0. The lowest BCUT2D eigenvalue weighted by atomic mass is 10.0. The number of carbonyl (C=O) groups excluding carboxylic acids is 1. The molecule has 0 bridgehead atoms. The molecule has 0 heterocycles. The summed E-state index contributed by atoms with van der Waals surface area (Å²) in [7, 11) is -1.76. The van der Waals surface area contributed by atoms with Gasteiger partial charge in [-0.15, -0.1) is 0 Å². The number of carboxylic acid groups (broad SMARTS) is 1. The Bertz CT molecular complexity index is 824. The van der Waals surface area contributed by atoms with Gasteiger partial charge >= 0.3 is 5.97 Å². The summed E-state index contributed by atoms with van der Waals surface area (Å²) in [5, 5.41) is 8.38. The van der Waals surface area contributed by atoms with E-state index in [9.17, 15) is 18.9 Å². The van der Waals surface area contributed by atoms with Crippen LogP contribution in [0.3, 0.4) is 0 Å². The first-order valence-corrected chi connectivity index (χ1v) is 9.92. The largest absolute Gasteiger partial charge is 0.480 e. The smallest absolute Gasteiger partial charge is 0.319 e. The van der Waals surface area contributed by atoms with E-state index < -0.39 is 22.0 Å². The van der Waals surface area contributed by atoms with E-state index in [1.54, 1.807) is 12.1 Å². The Morgan fingerprint density at radius 2 is 1.65 bits per heavy atom. The molecular weight excluding hydrogens is 348 g/mol. The van der Waals surface area contributed by atoms with E-state index in [4.69, 9.17) is 0 Å². The minimum absolute atomic E-state index is 0.241. The molecule has 4 nitrogen and oxygen atoms in total. The third-order valence-electron chi connectivity index (χ3n) is 4.51. The zero-order valence-corrected chi connectivity index (χ0v) is 16.1. The summed E-state index contributed by atoms with van der Waals surface area (Å²) >= 11 is 0. The fraction of sp³-hybridized carbons (Fsp3) is 0.333. The lowest BCUT2D eigenvalue weighted by Crippen LogP contribution is -2.30. The monoisotopic (exact) mass is 372 g/mol. The zero-order valence-electron chi connectivity index (χ0n) is 15.3. The highest BCUT2D eigenvalue weighted by Crippen LogP contribution is 2.14. The summed E-state index contributed by atoms with van der Waals surface area (Å²) in [6.45, 7) is 5.84. The minimum Gasteiger partial charge on any atom is -0.480 e. The number of rotatable bonds is 8. The summed E-state index contributed by atoms with van der Waals surface area (Å²) < 4.78 is 12.5. The average molecular weight is 372 g/mol. The second-order valence-electron chi connectivity index (χ2n) is 6.60. The molecule has 0 aliphatic rings. The Balaban J connectivity index is 2.03. The average Bonchev–Trinajstić information content (AvgIpc) is 2.58. The Morgan fingerprint density at radius 3 is 2.23 bits per heavy atom. The highest BCUT2D eigenvalue weighted by molar-refractivity contribution is 7.87. The number of Topliss-reactive ketones (excluding diaryl/α,β-unsaturated/α-hetero) is 1. The number of aryl methyl sites for hydroxylation is 4. The fourth-order valence-electron chi connectivity index (χ4n) is 2.65. The molecule has 2 aromatic carbocycles. The second kappa shape index (κ2) is 8.90. The second-order valence-corrected chi connectivity index (χ2v) is 8.22. The summed E-state index contributed by atoms with van der Waals surface area (Å²) in [6.07, 6.45) is 0.756. The van der Waals surface area contributed by atoms with Gasteiger partial charge in [0, 0.05) is 16.4 Å². The number of hydrogen-bond donors (Lipinski definition) is 1. The minimum atomic E-state index is -1.76. The van der Waals surface area contributed by atoms with Gasteiger partial charge in [-0.2, -0.15) is 0 Å². The highest BCUT2D eigenvalue weighted by Gasteiger charge is 2.26. The number of carboxylic acids is 1. The van der Waals surface area contributed by atoms with E-state index in [0.29, 0.717) is 12.0 Å². The molecule has 0 saturated carbocycles. The summed E-state index contributed by atoms with van der Waals surface area (Å²) in [5.74, 6) is -1.68. The van der Waals surface area contributed by atoms with Crippen molar-refractivity contribution in [1.82, 2.24) is 0 Å². The normalized spacial score (nSPS) is 13.2. The van der Waals surface area contributed by atoms with Gasteiger partial charge in [0.05, 0.1) is 5.75 Å². The standard InChI is InChI=1S/C21H24O4S/c1-14-4-7-17(8-5-14)9-11-20(21(23)24)26(25)13-19(22)18-10-6-15(2)16(3)12-18/h4-8,10,12,20H,9,11,13H2,1-3H3,(H,23,24). The van der Waals surface area contributed by atoms with Gasteiger partial charge in [0.15, 0.2) is 5.78 Å². The van der Waals surface area contributed by atoms with Crippen molar-refractivity contribution in [3.63, 3.8) is 0 Å². The van der Waals surface area contributed by atoms with E-state index in [1.807, 2.05) is 51.1 Å². The van der Waals surface area contributed by atoms with Gasteiger partial charge in [0.1, 0.15) is 5.25 Å². The van der Waals surface area contributed by atoms with Crippen LogP contribution in [0.2, 0.25) is 0 Å². The maximum atomic E-state index is 12.5. The SMILES string of the molecule is Cc1ccc(CCC(C(=O)O)S(=O)CC(=O)c2ccc(C)c(C)c2)cc1. The molecule has 5 heteroatoms. The van der Waals surface area contributed by atoms with Crippen molar-refractivity contribution in [2.75, 3.05) is 5.75 Å². The molecule has 1 N–H and O–H groups in total. The highest BCUT2D eigenvalue weighted by atomic mass is 32.2. The number of hydrogen-bond acceptors (Lipinski definition) is 3. The molecule has 0 fully saturated rings. The number of aliphatic carboxylic acids is 1. The molecule has 0 aliphatic heterocycles. The van der Waals surface area contributed by atoms with Gasteiger partial charge in [-0.05, 0) is 56.4 Å². The predicted molar refractivity (Wildman–Crippen MR) is 104 cm³/mol. The third kappa shape index (κ3) is 5.36. The first-order chi connectivity index (χ1) is 12.3. The molecule has 2 atom stereocenters. The summed E-state index contributed by atoms with van der Waals surface area (Å²) in [5.41, 5.74) is 4.66. The van der Waals surface area contributed by atoms with Crippen molar-refractivity contribution in [2.24, 2.45) is 0 Å². The van der Waals surface area contributed by atoms with Crippen LogP contribution in [0.1, 0.15) is 39.0 Å². The van der Waals surface area contributed by atoms with E-state index in [0.717, 1.165) is 22.3 Å². The van der Waals surface area contributed by atoms with Crippen molar-refractivity contribution in [3.8, 4) is 0 Å². The maximum absolute atomic E-state index is 12.5. The molecule has 26 heavy (non-hydrogen) atoms. The van der Waals surface area contributed by atoms with Gasteiger partial charge in [-0.25, -0.2) is 0 Å². The molecule has 2 aromatic rings. The lowest BCUT2D eigenvalue weighted by molar-refractivity contribution is -0.136. The lowest BCUT2D eigenvalue weighted by Gasteiger charge is -2.12.